The van der Waals surface area contributed by atoms with Crippen LogP contribution in [0.15, 0.2) is 10.4 Å². The number of likely N-dealkylation sites (N-methyl/N-ethyl adjacent to an activating group) is 1. The number of nitrogens with one attached hydrogen (secondary N) is 1. The molecule has 1 aromatic rings. The molecule has 1 N–H and O–H groups in total. The molecule has 19 heavy (non-hydrogen) atoms. The summed E-state index contributed by atoms with van der Waals surface area (Å²) in [5.74, 6) is 1.02. The number of guanidine groups is 1. The Kier molecular flexibility index (Phi) is 6.04. The molecule has 2 rings (SSSR count). The van der Waals surface area contributed by atoms with Crippen LogP contribution in [0.1, 0.15) is 31.5 Å². The Hall–Kier alpha value is -0.370. The minimum absolute atomic E-state index is 0. The van der Waals surface area contributed by atoms with Crippen molar-refractivity contribution >= 4 is 41.3 Å². The van der Waals surface area contributed by atoms with Crippen LogP contribution in [-0.2, 0) is 11.8 Å². The summed E-state index contributed by atoms with van der Waals surface area (Å²) in [5.41, 5.74) is 1.34. The smallest absolute Gasteiger partial charge is 0.193 e. The minimum Gasteiger partial charge on any atom is -0.356 e. The van der Waals surface area contributed by atoms with Crippen molar-refractivity contribution < 1.29 is 0 Å². The third-order valence-corrected chi connectivity index (χ3v) is 4.23. The van der Waals surface area contributed by atoms with Crippen LogP contribution in [0, 0.1) is 0 Å². The van der Waals surface area contributed by atoms with Crippen LogP contribution in [0.4, 0.5) is 0 Å². The van der Waals surface area contributed by atoms with Crippen LogP contribution in [0.5, 0.6) is 0 Å². The average molecular weight is 394 g/mol. The summed E-state index contributed by atoms with van der Waals surface area (Å²) in [6.45, 7) is 9.44. The van der Waals surface area contributed by atoms with Gasteiger partial charge >= 0.3 is 0 Å². The summed E-state index contributed by atoms with van der Waals surface area (Å²) in [6.07, 6.45) is 0.958. The molecule has 2 heterocycles. The van der Waals surface area contributed by atoms with Crippen molar-refractivity contribution in [2.45, 2.75) is 32.6 Å². The first-order valence-corrected chi connectivity index (χ1v) is 7.29. The van der Waals surface area contributed by atoms with Crippen molar-refractivity contribution in [1.29, 1.82) is 0 Å². The lowest BCUT2D eigenvalue weighted by molar-refractivity contribution is 0.534. The van der Waals surface area contributed by atoms with Crippen molar-refractivity contribution in [3.8, 4) is 0 Å². The predicted molar refractivity (Wildman–Crippen MR) is 92.9 cm³/mol. The highest BCUT2D eigenvalue weighted by Gasteiger charge is 2.18. The lowest BCUT2D eigenvalue weighted by atomic mass is 9.98. The van der Waals surface area contributed by atoms with Crippen LogP contribution in [-0.4, -0.2) is 42.5 Å². The quantitative estimate of drug-likeness (QED) is 0.801. The number of nitrogens with zero attached hydrogens (tertiary/aromatic N) is 3. The van der Waals surface area contributed by atoms with Crippen LogP contribution >= 0.6 is 35.3 Å². The summed E-state index contributed by atoms with van der Waals surface area (Å²) in [4.78, 5) is 11.3. The van der Waals surface area contributed by atoms with Crippen molar-refractivity contribution in [3.05, 3.63) is 16.1 Å². The normalized spacial score (nSPS) is 15.2. The molecule has 0 fully saturated rings. The van der Waals surface area contributed by atoms with Gasteiger partial charge in [0, 0.05) is 37.4 Å². The second-order valence-electron chi connectivity index (χ2n) is 5.70. The maximum atomic E-state index is 4.69. The first-order valence-electron chi connectivity index (χ1n) is 6.41. The van der Waals surface area contributed by atoms with Gasteiger partial charge in [0.25, 0.3) is 0 Å². The topological polar surface area (TPSA) is 40.5 Å². The van der Waals surface area contributed by atoms with E-state index in [1.54, 1.807) is 11.3 Å². The van der Waals surface area contributed by atoms with E-state index in [1.807, 2.05) is 0 Å². The third kappa shape index (κ3) is 4.59. The number of rotatable bonds is 3. The van der Waals surface area contributed by atoms with E-state index in [4.69, 9.17) is 0 Å². The van der Waals surface area contributed by atoms with Crippen LogP contribution < -0.4 is 5.32 Å². The molecule has 4 nitrogen and oxygen atoms in total. The Balaban J connectivity index is 0.00000180. The Labute approximate surface area is 136 Å². The van der Waals surface area contributed by atoms with Gasteiger partial charge in [-0.25, -0.2) is 4.98 Å². The second-order valence-corrected chi connectivity index (χ2v) is 6.56. The number of hydrogen-bond donors (Lipinski definition) is 1. The maximum absolute atomic E-state index is 4.69. The van der Waals surface area contributed by atoms with Crippen molar-refractivity contribution in [2.24, 2.45) is 4.99 Å². The standard InChI is InChI=1S/C13H22N4S.HI/c1-13(2,3)11-16-10(9-18-11)5-6-14-12-15-7-8-17(12)4;/h9H,5-8H2,1-4H3,(H,14,15);1H. The SMILES string of the molecule is CN1CCN=C1NCCc1csc(C(C)(C)C)n1.I. The number of hydrogen-bond acceptors (Lipinski definition) is 5. The Morgan fingerprint density at radius 2 is 2.16 bits per heavy atom. The molecule has 6 heteroatoms. The molecule has 108 valence electrons. The minimum atomic E-state index is 0. The van der Waals surface area contributed by atoms with E-state index in [1.165, 1.54) is 10.7 Å². The van der Waals surface area contributed by atoms with Gasteiger partial charge in [-0.2, -0.15) is 0 Å². The van der Waals surface area contributed by atoms with E-state index in [-0.39, 0.29) is 29.4 Å². The molecule has 1 aliphatic rings. The van der Waals surface area contributed by atoms with E-state index >= 15 is 0 Å². The zero-order valence-electron chi connectivity index (χ0n) is 12.1. The van der Waals surface area contributed by atoms with Gasteiger partial charge in [0.15, 0.2) is 5.96 Å². The number of aromatic nitrogens is 1. The molecule has 0 saturated carbocycles. The van der Waals surface area contributed by atoms with E-state index < -0.39 is 0 Å². The fourth-order valence-corrected chi connectivity index (χ4v) is 2.73. The van der Waals surface area contributed by atoms with E-state index in [9.17, 15) is 0 Å². The van der Waals surface area contributed by atoms with Gasteiger partial charge in [-0.05, 0) is 0 Å². The van der Waals surface area contributed by atoms with Crippen LogP contribution in [0.25, 0.3) is 0 Å². The zero-order valence-corrected chi connectivity index (χ0v) is 15.2. The van der Waals surface area contributed by atoms with E-state index in [2.05, 4.69) is 53.4 Å². The predicted octanol–water partition coefficient (Wildman–Crippen LogP) is 2.49. The summed E-state index contributed by atoms with van der Waals surface area (Å²) in [7, 11) is 2.07. The molecule has 1 aliphatic heterocycles. The summed E-state index contributed by atoms with van der Waals surface area (Å²) >= 11 is 1.76. The van der Waals surface area contributed by atoms with Crippen molar-refractivity contribution in [3.63, 3.8) is 0 Å². The van der Waals surface area contributed by atoms with E-state index in [0.29, 0.717) is 0 Å². The largest absolute Gasteiger partial charge is 0.356 e. The number of aliphatic imine (C=N–C) groups is 1. The Morgan fingerprint density at radius 1 is 1.42 bits per heavy atom. The van der Waals surface area contributed by atoms with Crippen molar-refractivity contribution in [1.82, 2.24) is 15.2 Å². The Bertz CT molecular complexity index is 436. The van der Waals surface area contributed by atoms with Gasteiger partial charge in [0.2, 0.25) is 0 Å². The van der Waals surface area contributed by atoms with Gasteiger partial charge in [-0.1, -0.05) is 20.8 Å². The number of thiazole rings is 1. The zero-order chi connectivity index (χ0) is 13.2. The highest BCUT2D eigenvalue weighted by atomic mass is 127. The fraction of sp³-hybridized carbons (Fsp3) is 0.692. The summed E-state index contributed by atoms with van der Waals surface area (Å²) < 4.78 is 0. The molecule has 0 atom stereocenters. The molecule has 0 bridgehead atoms. The molecular formula is C13H23IN4S. The molecule has 0 radical (unpaired) electrons. The molecule has 0 saturated heterocycles. The molecule has 0 amide bonds. The molecule has 0 unspecified atom stereocenters. The molecule has 0 aromatic carbocycles. The molecular weight excluding hydrogens is 371 g/mol. The molecule has 1 aromatic heterocycles. The maximum Gasteiger partial charge on any atom is 0.193 e. The lowest BCUT2D eigenvalue weighted by Crippen LogP contribution is -2.36. The monoisotopic (exact) mass is 394 g/mol. The third-order valence-electron chi connectivity index (χ3n) is 2.92. The average Bonchev–Trinajstić information content (AvgIpc) is 2.88. The van der Waals surface area contributed by atoms with Gasteiger partial charge in [-0.15, -0.1) is 35.3 Å². The van der Waals surface area contributed by atoms with Crippen LogP contribution in [0.3, 0.4) is 0 Å². The van der Waals surface area contributed by atoms with Gasteiger partial charge in [0.05, 0.1) is 17.2 Å². The highest BCUT2D eigenvalue weighted by molar-refractivity contribution is 14.0. The Morgan fingerprint density at radius 3 is 2.68 bits per heavy atom. The first kappa shape index (κ1) is 16.7. The van der Waals surface area contributed by atoms with Crippen molar-refractivity contribution in [2.75, 3.05) is 26.7 Å². The lowest BCUT2D eigenvalue weighted by Gasteiger charge is -2.15. The van der Waals surface area contributed by atoms with E-state index in [0.717, 1.165) is 32.0 Å². The fourth-order valence-electron chi connectivity index (χ4n) is 1.79. The number of halogens is 1. The molecule has 0 aliphatic carbocycles. The molecule has 0 spiro atoms. The van der Waals surface area contributed by atoms with Gasteiger partial charge in [-0.3, -0.25) is 4.99 Å². The highest BCUT2D eigenvalue weighted by Crippen LogP contribution is 2.25. The van der Waals surface area contributed by atoms with Gasteiger partial charge < -0.3 is 10.2 Å². The summed E-state index contributed by atoms with van der Waals surface area (Å²) in [5, 5.41) is 6.75. The first-order chi connectivity index (χ1) is 8.47. The van der Waals surface area contributed by atoms with Gasteiger partial charge in [0.1, 0.15) is 0 Å². The van der Waals surface area contributed by atoms with Crippen LogP contribution in [0.2, 0.25) is 0 Å². The second kappa shape index (κ2) is 6.88. The summed E-state index contributed by atoms with van der Waals surface area (Å²) in [6, 6.07) is 0.